The van der Waals surface area contributed by atoms with Gasteiger partial charge in [0.05, 0.1) is 11.2 Å². The summed E-state index contributed by atoms with van der Waals surface area (Å²) in [7, 11) is 0. The average molecular weight is 558 g/mol. The Morgan fingerprint density at radius 2 is 0.841 bits per heavy atom. The highest BCUT2D eigenvalue weighted by Crippen LogP contribution is 2.45. The number of aromatic nitrogens is 1. The molecule has 0 N–H and O–H groups in total. The van der Waals surface area contributed by atoms with Gasteiger partial charge in [-0.3, -0.25) is 0 Å². The average Bonchev–Trinajstić information content (AvgIpc) is 3.10. The second-order valence-electron chi connectivity index (χ2n) is 11.5. The van der Waals surface area contributed by atoms with Gasteiger partial charge in [-0.05, 0) is 66.7 Å². The molecule has 44 heavy (non-hydrogen) atoms. The third-order valence-corrected chi connectivity index (χ3v) is 9.01. The summed E-state index contributed by atoms with van der Waals surface area (Å²) in [5.41, 5.74) is 8.12. The Bertz CT molecular complexity index is 2470. The number of hydrogen-bond donors (Lipinski definition) is 0. The lowest BCUT2D eigenvalue weighted by atomic mass is 9.85. The highest BCUT2D eigenvalue weighted by atomic mass is 14.7. The quantitative estimate of drug-likeness (QED) is 0.155. The first-order valence-corrected chi connectivity index (χ1v) is 15.1. The Hall–Kier alpha value is -5.79. The van der Waals surface area contributed by atoms with Crippen LogP contribution in [0.15, 0.2) is 164 Å². The zero-order chi connectivity index (χ0) is 29.0. The van der Waals surface area contributed by atoms with E-state index in [0.717, 1.165) is 16.8 Å². The van der Waals surface area contributed by atoms with Crippen molar-refractivity contribution in [3.8, 4) is 33.5 Å². The van der Waals surface area contributed by atoms with Crippen LogP contribution in [-0.4, -0.2) is 4.98 Å². The zero-order valence-electron chi connectivity index (χ0n) is 24.0. The molecule has 9 aromatic rings. The minimum Gasteiger partial charge on any atom is -0.247 e. The Balaban J connectivity index is 1.35. The van der Waals surface area contributed by atoms with E-state index in [1.54, 1.807) is 0 Å². The molecule has 0 unspecified atom stereocenters. The Kier molecular flexibility index (Phi) is 5.57. The molecule has 0 fully saturated rings. The van der Waals surface area contributed by atoms with Crippen LogP contribution < -0.4 is 0 Å². The predicted molar refractivity (Wildman–Crippen MR) is 188 cm³/mol. The molecule has 0 saturated carbocycles. The molecule has 0 aliphatic heterocycles. The van der Waals surface area contributed by atoms with Gasteiger partial charge in [0.2, 0.25) is 0 Å². The van der Waals surface area contributed by atoms with Gasteiger partial charge in [0.1, 0.15) is 0 Å². The highest BCUT2D eigenvalue weighted by molar-refractivity contribution is 6.23. The van der Waals surface area contributed by atoms with E-state index in [4.69, 9.17) is 4.98 Å². The van der Waals surface area contributed by atoms with Crippen molar-refractivity contribution in [1.82, 2.24) is 4.98 Å². The van der Waals surface area contributed by atoms with Crippen LogP contribution in [0.3, 0.4) is 0 Å². The van der Waals surface area contributed by atoms with Crippen molar-refractivity contribution in [3.05, 3.63) is 164 Å². The van der Waals surface area contributed by atoms with Crippen molar-refractivity contribution in [2.45, 2.75) is 0 Å². The number of rotatable bonds is 3. The highest BCUT2D eigenvalue weighted by Gasteiger charge is 2.18. The lowest BCUT2D eigenvalue weighted by molar-refractivity contribution is 1.43. The maximum absolute atomic E-state index is 5.29. The minimum atomic E-state index is 1.01. The Morgan fingerprint density at radius 3 is 1.55 bits per heavy atom. The van der Waals surface area contributed by atoms with Crippen LogP contribution in [0, 0.1) is 0 Å². The van der Waals surface area contributed by atoms with Crippen molar-refractivity contribution >= 4 is 54.0 Å². The van der Waals surface area contributed by atoms with Gasteiger partial charge >= 0.3 is 0 Å². The van der Waals surface area contributed by atoms with Crippen LogP contribution in [0.5, 0.6) is 0 Å². The van der Waals surface area contributed by atoms with Gasteiger partial charge in [0.25, 0.3) is 0 Å². The molecule has 0 bridgehead atoms. The molecule has 1 aromatic heterocycles. The SMILES string of the molecule is c1ccc(-c2c3ccccc3c(-c3cccc(-c4nc5ccccc5c5c4ccc4ccccc45)c3)c3ccccc23)cc1. The van der Waals surface area contributed by atoms with Gasteiger partial charge in [0.15, 0.2) is 0 Å². The molecule has 1 heteroatoms. The summed E-state index contributed by atoms with van der Waals surface area (Å²) in [6.45, 7) is 0. The molecule has 9 rings (SSSR count). The van der Waals surface area contributed by atoms with Crippen LogP contribution in [0.4, 0.5) is 0 Å². The number of benzene rings is 8. The molecule has 204 valence electrons. The van der Waals surface area contributed by atoms with E-state index in [1.807, 2.05) is 0 Å². The van der Waals surface area contributed by atoms with E-state index in [0.29, 0.717) is 0 Å². The van der Waals surface area contributed by atoms with Gasteiger partial charge < -0.3 is 0 Å². The Labute approximate surface area is 255 Å². The second kappa shape index (κ2) is 9.90. The van der Waals surface area contributed by atoms with E-state index in [2.05, 4.69) is 164 Å². The van der Waals surface area contributed by atoms with E-state index < -0.39 is 0 Å². The molecule has 0 aliphatic carbocycles. The molecule has 8 aromatic carbocycles. The molecule has 1 nitrogen and oxygen atoms in total. The van der Waals surface area contributed by atoms with Gasteiger partial charge in [0, 0.05) is 21.7 Å². The summed E-state index contributed by atoms with van der Waals surface area (Å²) in [4.78, 5) is 5.29. The van der Waals surface area contributed by atoms with Crippen LogP contribution in [0.2, 0.25) is 0 Å². The van der Waals surface area contributed by atoms with Gasteiger partial charge in [-0.2, -0.15) is 0 Å². The van der Waals surface area contributed by atoms with Crippen molar-refractivity contribution < 1.29 is 0 Å². The molecule has 0 amide bonds. The first-order chi connectivity index (χ1) is 21.8. The lowest BCUT2D eigenvalue weighted by Crippen LogP contribution is -1.93. The molecule has 1 heterocycles. The summed E-state index contributed by atoms with van der Waals surface area (Å²) < 4.78 is 0. The largest absolute Gasteiger partial charge is 0.247 e. The third kappa shape index (κ3) is 3.76. The predicted octanol–water partition coefficient (Wildman–Crippen LogP) is 11.8. The summed E-state index contributed by atoms with van der Waals surface area (Å²) in [5, 5.41) is 11.2. The first kappa shape index (κ1) is 24.8. The lowest BCUT2D eigenvalue weighted by Gasteiger charge is -2.18. The number of fused-ring (bicyclic) bond motifs is 7. The molecule has 0 aliphatic rings. The van der Waals surface area contributed by atoms with E-state index in [1.165, 1.54) is 70.7 Å². The topological polar surface area (TPSA) is 12.9 Å². The van der Waals surface area contributed by atoms with Crippen LogP contribution in [-0.2, 0) is 0 Å². The van der Waals surface area contributed by atoms with Gasteiger partial charge in [-0.1, -0.05) is 152 Å². The fraction of sp³-hybridized carbons (Fsp3) is 0. The Morgan fingerprint density at radius 1 is 0.318 bits per heavy atom. The number of pyridine rings is 1. The standard InChI is InChI=1S/C43H27N/c1-2-14-29(15-3-1)40-33-19-6-8-21-35(33)41(36-22-9-7-20-34(36)40)30-16-12-17-31(27-30)43-38-26-25-28-13-4-5-18-32(28)42(38)37-23-10-11-24-39(37)44-43/h1-27H. The molecular weight excluding hydrogens is 530 g/mol. The van der Waals surface area contributed by atoms with Gasteiger partial charge in [-0.25, -0.2) is 4.98 Å². The fourth-order valence-electron chi connectivity index (χ4n) is 7.12. The second-order valence-corrected chi connectivity index (χ2v) is 11.5. The van der Waals surface area contributed by atoms with E-state index in [-0.39, 0.29) is 0 Å². The van der Waals surface area contributed by atoms with E-state index in [9.17, 15) is 0 Å². The molecular formula is C43H27N. The van der Waals surface area contributed by atoms with Crippen LogP contribution in [0.25, 0.3) is 87.5 Å². The number of hydrogen-bond acceptors (Lipinski definition) is 1. The smallest absolute Gasteiger partial charge is 0.0788 e. The summed E-state index contributed by atoms with van der Waals surface area (Å²) in [6.07, 6.45) is 0. The summed E-state index contributed by atoms with van der Waals surface area (Å²) in [5.74, 6) is 0. The van der Waals surface area contributed by atoms with Crippen molar-refractivity contribution in [3.63, 3.8) is 0 Å². The van der Waals surface area contributed by atoms with E-state index >= 15 is 0 Å². The minimum absolute atomic E-state index is 1.01. The maximum atomic E-state index is 5.29. The molecule has 0 saturated heterocycles. The number of para-hydroxylation sites is 1. The van der Waals surface area contributed by atoms with Crippen molar-refractivity contribution in [2.24, 2.45) is 0 Å². The normalized spacial score (nSPS) is 11.6. The summed E-state index contributed by atoms with van der Waals surface area (Å²) in [6, 6.07) is 59.1. The first-order valence-electron chi connectivity index (χ1n) is 15.1. The van der Waals surface area contributed by atoms with Crippen LogP contribution >= 0.6 is 0 Å². The van der Waals surface area contributed by atoms with Crippen molar-refractivity contribution in [2.75, 3.05) is 0 Å². The van der Waals surface area contributed by atoms with Gasteiger partial charge in [-0.15, -0.1) is 0 Å². The third-order valence-electron chi connectivity index (χ3n) is 9.01. The zero-order valence-corrected chi connectivity index (χ0v) is 24.0. The molecule has 0 atom stereocenters. The molecule has 0 radical (unpaired) electrons. The fourth-order valence-corrected chi connectivity index (χ4v) is 7.12. The number of nitrogens with zero attached hydrogens (tertiary/aromatic N) is 1. The monoisotopic (exact) mass is 557 g/mol. The van der Waals surface area contributed by atoms with Crippen molar-refractivity contribution in [1.29, 1.82) is 0 Å². The summed E-state index contributed by atoms with van der Waals surface area (Å²) >= 11 is 0. The van der Waals surface area contributed by atoms with Crippen LogP contribution in [0.1, 0.15) is 0 Å². The molecule has 0 spiro atoms. The maximum Gasteiger partial charge on any atom is 0.0788 e.